The fourth-order valence-corrected chi connectivity index (χ4v) is 2.52. The van der Waals surface area contributed by atoms with E-state index in [1.807, 2.05) is 13.8 Å². The van der Waals surface area contributed by atoms with Crippen LogP contribution >= 0.6 is 0 Å². The first kappa shape index (κ1) is 21.0. The number of methoxy groups -OCH3 is 1. The molecule has 1 amide bonds. The fourth-order valence-electron chi connectivity index (χ4n) is 2.52. The summed E-state index contributed by atoms with van der Waals surface area (Å²) in [6.07, 6.45) is 2.19. The minimum atomic E-state index is -0.524. The summed E-state index contributed by atoms with van der Waals surface area (Å²) in [6, 6.07) is 4.23. The minimum absolute atomic E-state index is 0.120. The van der Waals surface area contributed by atoms with E-state index in [0.717, 1.165) is 11.3 Å². The van der Waals surface area contributed by atoms with Gasteiger partial charge in [-0.25, -0.2) is 9.37 Å². The molecule has 0 bridgehead atoms. The zero-order valence-electron chi connectivity index (χ0n) is 16.6. The zero-order valence-corrected chi connectivity index (χ0v) is 16.6. The molecule has 0 unspecified atom stereocenters. The normalized spacial score (nSPS) is 12.1. The largest absolute Gasteiger partial charge is 0.481 e. The van der Waals surface area contributed by atoms with Crippen molar-refractivity contribution in [1.29, 1.82) is 0 Å². The Kier molecular flexibility index (Phi) is 6.81. The average molecular weight is 385 g/mol. The molecule has 1 heterocycles. The smallest absolute Gasteiger partial charge is 0.256 e. The molecule has 0 fully saturated rings. The molecule has 0 aliphatic carbocycles. The minimum Gasteiger partial charge on any atom is -0.481 e. The summed E-state index contributed by atoms with van der Waals surface area (Å²) in [5.41, 5.74) is 8.39. The lowest BCUT2D eigenvalue weighted by Gasteiger charge is -2.10. The Morgan fingerprint density at radius 2 is 2.07 bits per heavy atom. The van der Waals surface area contributed by atoms with Gasteiger partial charge in [0.25, 0.3) is 11.9 Å². The number of aliphatic imine (C=N–C) groups is 1. The summed E-state index contributed by atoms with van der Waals surface area (Å²) in [5, 5.41) is 2.61. The van der Waals surface area contributed by atoms with Crippen LogP contribution in [0.5, 0.6) is 5.88 Å². The van der Waals surface area contributed by atoms with Crippen LogP contribution in [0.3, 0.4) is 0 Å². The number of benzene rings is 1. The second-order valence-corrected chi connectivity index (χ2v) is 6.25. The Morgan fingerprint density at radius 3 is 2.64 bits per heavy atom. The van der Waals surface area contributed by atoms with E-state index >= 15 is 0 Å². The molecule has 148 valence electrons. The van der Waals surface area contributed by atoms with Gasteiger partial charge in [0, 0.05) is 22.5 Å². The van der Waals surface area contributed by atoms with E-state index in [1.54, 1.807) is 13.8 Å². The number of nitrogens with one attached hydrogen (secondary N) is 1. The van der Waals surface area contributed by atoms with E-state index in [0.29, 0.717) is 23.6 Å². The molecule has 2 rings (SSSR count). The Labute approximate surface area is 163 Å². The number of rotatable bonds is 5. The average Bonchev–Trinajstić information content (AvgIpc) is 2.62. The molecule has 8 heteroatoms. The van der Waals surface area contributed by atoms with E-state index < -0.39 is 11.7 Å². The molecular weight excluding hydrogens is 361 g/mol. The van der Waals surface area contributed by atoms with Gasteiger partial charge >= 0.3 is 0 Å². The number of nitrogens with two attached hydrogens (primary N) is 1. The first-order valence-corrected chi connectivity index (χ1v) is 8.76. The van der Waals surface area contributed by atoms with Gasteiger partial charge in [0.1, 0.15) is 11.7 Å². The molecule has 0 aliphatic rings. The second kappa shape index (κ2) is 9.07. The van der Waals surface area contributed by atoms with Crippen LogP contribution < -0.4 is 15.8 Å². The van der Waals surface area contributed by atoms with Crippen LogP contribution in [-0.2, 0) is 6.42 Å². The van der Waals surface area contributed by atoms with Crippen molar-refractivity contribution in [3.63, 3.8) is 0 Å². The lowest BCUT2D eigenvalue weighted by molar-refractivity contribution is 0.0977. The van der Waals surface area contributed by atoms with Gasteiger partial charge in [0.2, 0.25) is 5.88 Å². The third kappa shape index (κ3) is 5.12. The summed E-state index contributed by atoms with van der Waals surface area (Å²) in [5.74, 6) is -0.306. The summed E-state index contributed by atoms with van der Waals surface area (Å²) < 4.78 is 19.1. The Balaban J connectivity index is 2.41. The third-order valence-corrected chi connectivity index (χ3v) is 3.97. The molecule has 0 aliphatic heterocycles. The Hall–Kier alpha value is -3.29. The van der Waals surface area contributed by atoms with Crippen LogP contribution in [0.1, 0.15) is 41.0 Å². The number of carbonyl (C=O) groups is 1. The SMILES string of the molecule is CCc1c(C)nc(N=C(C=C(C)N)NC(=O)c2ccc(C)c(F)c2)nc1OC. The van der Waals surface area contributed by atoms with Crippen molar-refractivity contribution < 1.29 is 13.9 Å². The highest BCUT2D eigenvalue weighted by molar-refractivity contribution is 6.10. The van der Waals surface area contributed by atoms with Gasteiger partial charge in [-0.3, -0.25) is 4.79 Å². The highest BCUT2D eigenvalue weighted by atomic mass is 19.1. The van der Waals surface area contributed by atoms with Gasteiger partial charge in [-0.2, -0.15) is 9.98 Å². The Bertz CT molecular complexity index is 950. The molecule has 28 heavy (non-hydrogen) atoms. The lowest BCUT2D eigenvalue weighted by Crippen LogP contribution is -2.30. The first-order chi connectivity index (χ1) is 13.2. The molecule has 0 spiro atoms. The van der Waals surface area contributed by atoms with Gasteiger partial charge in [-0.05, 0) is 51.0 Å². The third-order valence-electron chi connectivity index (χ3n) is 3.97. The molecule has 0 radical (unpaired) electrons. The highest BCUT2D eigenvalue weighted by Crippen LogP contribution is 2.22. The van der Waals surface area contributed by atoms with Gasteiger partial charge in [0.05, 0.1) is 7.11 Å². The zero-order chi connectivity index (χ0) is 20.8. The van der Waals surface area contributed by atoms with Crippen LogP contribution in [0.15, 0.2) is 35.0 Å². The van der Waals surface area contributed by atoms with E-state index in [2.05, 4.69) is 20.3 Å². The van der Waals surface area contributed by atoms with Crippen molar-refractivity contribution >= 4 is 17.7 Å². The predicted octanol–water partition coefficient (Wildman–Crippen LogP) is 3.13. The van der Waals surface area contributed by atoms with Crippen molar-refractivity contribution in [3.8, 4) is 5.88 Å². The molecule has 1 aromatic heterocycles. The number of amidine groups is 1. The molecule has 7 nitrogen and oxygen atoms in total. The number of carbonyl (C=O) groups excluding carboxylic acids is 1. The Morgan fingerprint density at radius 1 is 1.36 bits per heavy atom. The summed E-state index contributed by atoms with van der Waals surface area (Å²) in [6.45, 7) is 7.08. The van der Waals surface area contributed by atoms with Crippen molar-refractivity contribution in [1.82, 2.24) is 15.3 Å². The molecule has 0 saturated carbocycles. The molecule has 0 atom stereocenters. The fraction of sp³-hybridized carbons (Fsp3) is 0.300. The van der Waals surface area contributed by atoms with Crippen molar-refractivity contribution in [2.75, 3.05) is 7.11 Å². The molecule has 0 saturated heterocycles. The number of hydrogen-bond donors (Lipinski definition) is 2. The maximum atomic E-state index is 13.8. The second-order valence-electron chi connectivity index (χ2n) is 6.25. The molecule has 3 N–H and O–H groups in total. The maximum Gasteiger partial charge on any atom is 0.256 e. The van der Waals surface area contributed by atoms with Crippen molar-refractivity contribution in [3.05, 3.63) is 58.2 Å². The van der Waals surface area contributed by atoms with Gasteiger partial charge in [0.15, 0.2) is 0 Å². The predicted molar refractivity (Wildman–Crippen MR) is 106 cm³/mol. The van der Waals surface area contributed by atoms with Crippen LogP contribution in [0.4, 0.5) is 10.3 Å². The maximum absolute atomic E-state index is 13.8. The number of ether oxygens (including phenoxy) is 1. The number of aromatic nitrogens is 2. The van der Waals surface area contributed by atoms with Crippen molar-refractivity contribution in [2.45, 2.75) is 34.1 Å². The standard InChI is InChI=1S/C20H24FN5O2/c1-6-15-13(4)23-20(26-19(15)28-5)25-17(9-12(3)22)24-18(27)14-8-7-11(2)16(21)10-14/h7-10H,6,22H2,1-5H3,(H,23,24,25,26,27). The van der Waals surface area contributed by atoms with Crippen LogP contribution in [0.2, 0.25) is 0 Å². The summed E-state index contributed by atoms with van der Waals surface area (Å²) in [4.78, 5) is 25.4. The van der Waals surface area contributed by atoms with Gasteiger partial charge in [-0.1, -0.05) is 13.0 Å². The van der Waals surface area contributed by atoms with Gasteiger partial charge < -0.3 is 15.8 Å². The lowest BCUT2D eigenvalue weighted by atomic mass is 10.1. The molecule has 1 aromatic carbocycles. The van der Waals surface area contributed by atoms with Crippen LogP contribution in [0.25, 0.3) is 0 Å². The van der Waals surface area contributed by atoms with E-state index in [-0.39, 0.29) is 17.3 Å². The van der Waals surface area contributed by atoms with Gasteiger partial charge in [-0.15, -0.1) is 0 Å². The van der Waals surface area contributed by atoms with E-state index in [9.17, 15) is 9.18 Å². The molecular formula is C20H24FN5O2. The number of allylic oxidation sites excluding steroid dienone is 1. The van der Waals surface area contributed by atoms with E-state index in [1.165, 1.54) is 31.4 Å². The number of nitrogens with zero attached hydrogens (tertiary/aromatic N) is 3. The van der Waals surface area contributed by atoms with Crippen LogP contribution in [0, 0.1) is 19.7 Å². The number of aryl methyl sites for hydroxylation is 2. The number of hydrogen-bond acceptors (Lipinski definition) is 6. The van der Waals surface area contributed by atoms with Crippen LogP contribution in [-0.4, -0.2) is 28.8 Å². The van der Waals surface area contributed by atoms with Crippen molar-refractivity contribution in [2.24, 2.45) is 10.7 Å². The topological polar surface area (TPSA) is 102 Å². The monoisotopic (exact) mass is 385 g/mol. The highest BCUT2D eigenvalue weighted by Gasteiger charge is 2.13. The summed E-state index contributed by atoms with van der Waals surface area (Å²) in [7, 11) is 1.52. The first-order valence-electron chi connectivity index (χ1n) is 8.76. The number of amides is 1. The quantitative estimate of drug-likeness (QED) is 0.608. The number of halogens is 1. The summed E-state index contributed by atoms with van der Waals surface area (Å²) >= 11 is 0. The molecule has 2 aromatic rings. The van der Waals surface area contributed by atoms with E-state index in [4.69, 9.17) is 10.5 Å².